The van der Waals surface area contributed by atoms with Crippen molar-refractivity contribution in [3.63, 3.8) is 0 Å². The van der Waals surface area contributed by atoms with Crippen molar-refractivity contribution in [1.82, 2.24) is 4.90 Å². The SMILES string of the molecule is Cc1cccc(N(CN2C(=O)C3C4C=CC(C5CC45)C3C2=O)C(=O)c2ccc(Cl)c(Cl)c2)c1. The lowest BCUT2D eigenvalue weighted by Gasteiger charge is -2.37. The van der Waals surface area contributed by atoms with Gasteiger partial charge >= 0.3 is 0 Å². The quantitative estimate of drug-likeness (QED) is 0.458. The van der Waals surface area contributed by atoms with Crippen molar-refractivity contribution >= 4 is 46.6 Å². The summed E-state index contributed by atoms with van der Waals surface area (Å²) in [6, 6.07) is 12.1. The zero-order valence-electron chi connectivity index (χ0n) is 17.9. The Morgan fingerprint density at radius 3 is 2.24 bits per heavy atom. The molecule has 1 heterocycles. The molecule has 6 unspecified atom stereocenters. The summed E-state index contributed by atoms with van der Waals surface area (Å²) in [5.41, 5.74) is 1.92. The number of amides is 3. The van der Waals surface area contributed by atoms with Crippen LogP contribution in [0.25, 0.3) is 0 Å². The number of imide groups is 1. The van der Waals surface area contributed by atoms with Crippen LogP contribution in [0.3, 0.4) is 0 Å². The van der Waals surface area contributed by atoms with E-state index < -0.39 is 0 Å². The fourth-order valence-corrected chi connectivity index (χ4v) is 6.44. The number of likely N-dealkylation sites (tertiary alicyclic amines) is 1. The van der Waals surface area contributed by atoms with E-state index in [4.69, 9.17) is 23.2 Å². The van der Waals surface area contributed by atoms with Crippen molar-refractivity contribution in [2.75, 3.05) is 11.6 Å². The maximum absolute atomic E-state index is 13.6. The molecule has 0 N–H and O–H groups in total. The van der Waals surface area contributed by atoms with Crippen LogP contribution >= 0.6 is 23.2 Å². The average molecular weight is 481 g/mol. The van der Waals surface area contributed by atoms with E-state index >= 15 is 0 Å². The lowest BCUT2D eigenvalue weighted by atomic mass is 9.63. The van der Waals surface area contributed by atoms with Crippen molar-refractivity contribution in [3.05, 3.63) is 75.8 Å². The molecule has 3 fully saturated rings. The van der Waals surface area contributed by atoms with Crippen molar-refractivity contribution < 1.29 is 14.4 Å². The van der Waals surface area contributed by atoms with Gasteiger partial charge in [-0.15, -0.1) is 0 Å². The summed E-state index contributed by atoms with van der Waals surface area (Å²) in [6.07, 6.45) is 5.41. The fourth-order valence-electron chi connectivity index (χ4n) is 6.14. The highest BCUT2D eigenvalue weighted by Crippen LogP contribution is 2.65. The molecule has 7 rings (SSSR count). The molecule has 2 bridgehead atoms. The third-order valence-corrected chi connectivity index (χ3v) is 8.50. The van der Waals surface area contributed by atoms with Gasteiger partial charge < -0.3 is 0 Å². The number of carbonyl (C=O) groups excluding carboxylic acids is 3. The maximum Gasteiger partial charge on any atom is 0.259 e. The smallest absolute Gasteiger partial charge is 0.259 e. The Hall–Kier alpha value is -2.63. The van der Waals surface area contributed by atoms with Gasteiger partial charge in [0, 0.05) is 11.3 Å². The molecule has 0 radical (unpaired) electrons. The number of aryl methyl sites for hydroxylation is 1. The van der Waals surface area contributed by atoms with Crippen LogP contribution in [0.4, 0.5) is 5.69 Å². The Bertz CT molecular complexity index is 1210. The molecule has 2 aromatic carbocycles. The molecule has 5 aliphatic rings. The predicted octanol–water partition coefficient (Wildman–Crippen LogP) is 4.96. The molecule has 1 aliphatic heterocycles. The molecule has 0 spiro atoms. The molecule has 2 saturated carbocycles. The summed E-state index contributed by atoms with van der Waals surface area (Å²) < 4.78 is 0. The summed E-state index contributed by atoms with van der Waals surface area (Å²) in [7, 11) is 0. The number of allylic oxidation sites excluding steroid dienone is 2. The third-order valence-electron chi connectivity index (χ3n) is 7.76. The van der Waals surface area contributed by atoms with Crippen LogP contribution in [-0.2, 0) is 9.59 Å². The summed E-state index contributed by atoms with van der Waals surface area (Å²) in [5.74, 6) is 0.0927. The van der Waals surface area contributed by atoms with E-state index in [-0.39, 0.29) is 53.1 Å². The van der Waals surface area contributed by atoms with Crippen molar-refractivity contribution in [3.8, 4) is 0 Å². The number of anilines is 1. The Balaban J connectivity index is 1.35. The summed E-state index contributed by atoms with van der Waals surface area (Å²) in [5, 5.41) is 0.624. The van der Waals surface area contributed by atoms with E-state index in [1.54, 1.807) is 18.2 Å². The number of halogens is 2. The van der Waals surface area contributed by atoms with E-state index in [0.717, 1.165) is 12.0 Å². The Morgan fingerprint density at radius 1 is 0.970 bits per heavy atom. The number of nitrogens with zero attached hydrogens (tertiary/aromatic N) is 2. The van der Waals surface area contributed by atoms with E-state index in [9.17, 15) is 14.4 Å². The number of rotatable bonds is 4. The molecule has 168 valence electrons. The average Bonchev–Trinajstić information content (AvgIpc) is 3.59. The molecule has 6 atom stereocenters. The first-order valence-corrected chi connectivity index (χ1v) is 12.0. The number of hydrogen-bond acceptors (Lipinski definition) is 3. The molecule has 7 heteroatoms. The van der Waals surface area contributed by atoms with Gasteiger partial charge in [0.1, 0.15) is 6.67 Å². The standard InChI is InChI=1S/C26H22Cl2N2O3/c1-13-3-2-4-15(9-13)29(24(31)14-5-8-20(27)21(28)10-14)12-30-25(32)22-16-6-7-17(19-11-18(16)19)23(22)26(30)33/h2-10,16-19,22-23H,11-12H2,1H3. The van der Waals surface area contributed by atoms with Crippen LogP contribution in [0.15, 0.2) is 54.6 Å². The second-order valence-corrected chi connectivity index (χ2v) is 10.4. The zero-order chi connectivity index (χ0) is 23.0. The molecular formula is C26H22Cl2N2O3. The summed E-state index contributed by atoms with van der Waals surface area (Å²) in [4.78, 5) is 43.4. The third kappa shape index (κ3) is 3.17. The van der Waals surface area contributed by atoms with Gasteiger partial charge in [-0.1, -0.05) is 47.5 Å². The highest BCUT2D eigenvalue weighted by molar-refractivity contribution is 6.42. The number of benzene rings is 2. The number of hydrogen-bond donors (Lipinski definition) is 0. The highest BCUT2D eigenvalue weighted by Gasteiger charge is 2.67. The number of carbonyl (C=O) groups is 3. The van der Waals surface area contributed by atoms with Crippen LogP contribution in [0, 0.1) is 42.4 Å². The maximum atomic E-state index is 13.6. The van der Waals surface area contributed by atoms with E-state index in [2.05, 4.69) is 12.2 Å². The lowest BCUT2D eigenvalue weighted by molar-refractivity contribution is -0.140. The monoisotopic (exact) mass is 480 g/mol. The molecule has 3 amide bonds. The van der Waals surface area contributed by atoms with Gasteiger partial charge in [-0.2, -0.15) is 0 Å². The van der Waals surface area contributed by atoms with Gasteiger partial charge in [0.25, 0.3) is 5.91 Å². The minimum atomic E-state index is -0.349. The van der Waals surface area contributed by atoms with Gasteiger partial charge in [-0.25, -0.2) is 0 Å². The van der Waals surface area contributed by atoms with E-state index in [1.165, 1.54) is 15.9 Å². The predicted molar refractivity (Wildman–Crippen MR) is 126 cm³/mol. The summed E-state index contributed by atoms with van der Waals surface area (Å²) in [6.45, 7) is 1.81. The van der Waals surface area contributed by atoms with Crippen LogP contribution in [0.2, 0.25) is 10.0 Å². The van der Waals surface area contributed by atoms with Crippen LogP contribution in [0.5, 0.6) is 0 Å². The first-order valence-electron chi connectivity index (χ1n) is 11.2. The minimum Gasteiger partial charge on any atom is -0.290 e. The molecule has 0 aromatic heterocycles. The summed E-state index contributed by atoms with van der Waals surface area (Å²) >= 11 is 12.2. The molecule has 2 aromatic rings. The largest absolute Gasteiger partial charge is 0.290 e. The van der Waals surface area contributed by atoms with Gasteiger partial charge in [-0.3, -0.25) is 24.2 Å². The fraction of sp³-hybridized carbons (Fsp3) is 0.346. The Labute approximate surface area is 201 Å². The highest BCUT2D eigenvalue weighted by atomic mass is 35.5. The van der Waals surface area contributed by atoms with Crippen molar-refractivity contribution in [2.24, 2.45) is 35.5 Å². The first-order chi connectivity index (χ1) is 15.8. The van der Waals surface area contributed by atoms with Crippen LogP contribution in [0.1, 0.15) is 22.3 Å². The second-order valence-electron chi connectivity index (χ2n) is 9.60. The van der Waals surface area contributed by atoms with Gasteiger partial charge in [0.2, 0.25) is 11.8 Å². The molecule has 5 nitrogen and oxygen atoms in total. The lowest BCUT2D eigenvalue weighted by Crippen LogP contribution is -2.45. The normalized spacial score (nSPS) is 30.9. The zero-order valence-corrected chi connectivity index (χ0v) is 19.5. The Morgan fingerprint density at radius 2 is 1.64 bits per heavy atom. The van der Waals surface area contributed by atoms with Crippen LogP contribution in [-0.4, -0.2) is 29.3 Å². The molecular weight excluding hydrogens is 459 g/mol. The Kier molecular flexibility index (Phi) is 4.72. The van der Waals surface area contributed by atoms with Gasteiger partial charge in [0.05, 0.1) is 21.9 Å². The first kappa shape index (κ1) is 20.9. The molecule has 4 aliphatic carbocycles. The van der Waals surface area contributed by atoms with Gasteiger partial charge in [-0.05, 0) is 72.9 Å². The van der Waals surface area contributed by atoms with Crippen molar-refractivity contribution in [1.29, 1.82) is 0 Å². The van der Waals surface area contributed by atoms with E-state index in [0.29, 0.717) is 28.1 Å². The van der Waals surface area contributed by atoms with Gasteiger partial charge in [0.15, 0.2) is 0 Å². The second kappa shape index (κ2) is 7.44. The molecule has 33 heavy (non-hydrogen) atoms. The molecule has 1 saturated heterocycles. The van der Waals surface area contributed by atoms with Crippen molar-refractivity contribution in [2.45, 2.75) is 13.3 Å². The van der Waals surface area contributed by atoms with E-state index in [1.807, 2.05) is 25.1 Å². The van der Waals surface area contributed by atoms with Crippen LogP contribution < -0.4 is 4.90 Å². The minimum absolute atomic E-state index is 0.123. The topological polar surface area (TPSA) is 57.7 Å².